The molecule has 2 aromatic heterocycles. The first kappa shape index (κ1) is 24.5. The maximum atomic E-state index is 16.1. The molecule has 1 aromatic carbocycles. The lowest BCUT2D eigenvalue weighted by Gasteiger charge is -2.32. The molecule has 0 saturated carbocycles. The summed E-state index contributed by atoms with van der Waals surface area (Å²) in [6.07, 6.45) is 2.48. The molecule has 0 atom stereocenters. The number of halogens is 1. The Labute approximate surface area is 203 Å². The van der Waals surface area contributed by atoms with Crippen molar-refractivity contribution >= 4 is 28.9 Å². The smallest absolute Gasteiger partial charge is 0.412 e. The van der Waals surface area contributed by atoms with Crippen LogP contribution >= 0.6 is 0 Å². The van der Waals surface area contributed by atoms with Crippen LogP contribution < -0.4 is 26.0 Å². The third-order valence-electron chi connectivity index (χ3n) is 6.00. The lowest BCUT2D eigenvalue weighted by molar-refractivity contribution is 0.0635. The molecule has 0 unspecified atom stereocenters. The van der Waals surface area contributed by atoms with Gasteiger partial charge >= 0.3 is 6.09 Å². The van der Waals surface area contributed by atoms with Gasteiger partial charge in [-0.1, -0.05) is 6.07 Å². The van der Waals surface area contributed by atoms with Crippen LogP contribution in [0.25, 0.3) is 16.6 Å². The van der Waals surface area contributed by atoms with E-state index in [2.05, 4.69) is 20.7 Å². The molecule has 1 aliphatic heterocycles. The average molecular weight is 486 g/mol. The van der Waals surface area contributed by atoms with E-state index in [0.29, 0.717) is 47.5 Å². The number of nitrogens with zero attached hydrogens (tertiary/aromatic N) is 4. The van der Waals surface area contributed by atoms with Crippen LogP contribution in [0.2, 0.25) is 0 Å². The first-order valence-electron chi connectivity index (χ1n) is 11.5. The number of benzene rings is 1. The summed E-state index contributed by atoms with van der Waals surface area (Å²) in [5.41, 5.74) is 7.12. The number of rotatable bonds is 5. The number of amides is 1. The Bertz CT molecular complexity index is 1230. The van der Waals surface area contributed by atoms with Crippen molar-refractivity contribution in [3.05, 3.63) is 30.3 Å². The number of ether oxygens (including phenoxy) is 2. The highest BCUT2D eigenvalue weighted by Crippen LogP contribution is 2.41. The maximum Gasteiger partial charge on any atom is 0.412 e. The summed E-state index contributed by atoms with van der Waals surface area (Å²) in [5, 5.41) is 10.3. The molecule has 0 bridgehead atoms. The molecule has 0 radical (unpaired) electrons. The quantitative estimate of drug-likeness (QED) is 0.501. The van der Waals surface area contributed by atoms with Gasteiger partial charge in [0.1, 0.15) is 23.2 Å². The normalized spacial score (nSPS) is 14.9. The number of methoxy groups -OCH3 is 1. The molecular weight excluding hydrogens is 453 g/mol. The fourth-order valence-electron chi connectivity index (χ4n) is 4.35. The number of aromatic nitrogens is 3. The Morgan fingerprint density at radius 2 is 1.97 bits per heavy atom. The van der Waals surface area contributed by atoms with Gasteiger partial charge in [0.2, 0.25) is 0 Å². The third-order valence-corrected chi connectivity index (χ3v) is 6.00. The number of nitrogens with one attached hydrogen (secondary N) is 2. The van der Waals surface area contributed by atoms with E-state index in [0.717, 1.165) is 12.8 Å². The van der Waals surface area contributed by atoms with Gasteiger partial charge in [-0.2, -0.15) is 5.10 Å². The second kappa shape index (κ2) is 9.57. The molecule has 3 heterocycles. The second-order valence-corrected chi connectivity index (χ2v) is 9.51. The summed E-state index contributed by atoms with van der Waals surface area (Å²) in [4.78, 5) is 18.3. The van der Waals surface area contributed by atoms with Crippen LogP contribution in [-0.2, 0) is 4.74 Å². The summed E-state index contributed by atoms with van der Waals surface area (Å²) >= 11 is 0. The zero-order valence-corrected chi connectivity index (χ0v) is 20.7. The van der Waals surface area contributed by atoms with Crippen LogP contribution in [0.4, 0.5) is 26.5 Å². The van der Waals surface area contributed by atoms with Gasteiger partial charge in [0, 0.05) is 19.1 Å². The zero-order chi connectivity index (χ0) is 25.3. The van der Waals surface area contributed by atoms with Crippen LogP contribution in [0.15, 0.2) is 24.5 Å². The monoisotopic (exact) mass is 485 g/mol. The van der Waals surface area contributed by atoms with Crippen molar-refractivity contribution in [2.75, 3.05) is 43.2 Å². The number of piperidine rings is 1. The first-order chi connectivity index (χ1) is 16.6. The number of carbonyl (C=O) groups is 1. The van der Waals surface area contributed by atoms with E-state index in [1.807, 2.05) is 11.9 Å². The van der Waals surface area contributed by atoms with Crippen molar-refractivity contribution in [1.82, 2.24) is 19.9 Å². The van der Waals surface area contributed by atoms with E-state index >= 15 is 4.39 Å². The average Bonchev–Trinajstić information content (AvgIpc) is 3.11. The van der Waals surface area contributed by atoms with Crippen LogP contribution in [0, 0.1) is 5.82 Å². The molecule has 4 rings (SSSR count). The fraction of sp³-hybridized carbons (Fsp3) is 0.458. The number of anilines is 3. The largest absolute Gasteiger partial charge is 0.495 e. The maximum absolute atomic E-state index is 16.1. The first-order valence-corrected chi connectivity index (χ1v) is 11.5. The topological polar surface area (TPSA) is 119 Å². The van der Waals surface area contributed by atoms with Crippen LogP contribution in [0.3, 0.4) is 0 Å². The number of carbonyl (C=O) groups excluding carboxylic acids is 1. The van der Waals surface area contributed by atoms with Gasteiger partial charge in [0.25, 0.3) is 0 Å². The van der Waals surface area contributed by atoms with E-state index in [1.165, 1.54) is 18.0 Å². The lowest BCUT2D eigenvalue weighted by atomic mass is 10.0. The molecule has 1 fully saturated rings. The molecule has 3 aromatic rings. The Balaban J connectivity index is 1.76. The SMILES string of the molecule is CNC1CCN(c2c(F)c(-c3ccc(NC(=O)OC(C)(C)C)c(OC)c3)c3c(N)ncnn23)CC1. The van der Waals surface area contributed by atoms with Crippen molar-refractivity contribution in [3.8, 4) is 16.9 Å². The van der Waals surface area contributed by atoms with Crippen LogP contribution in [-0.4, -0.2) is 59.6 Å². The van der Waals surface area contributed by atoms with Gasteiger partial charge in [-0.3, -0.25) is 5.32 Å². The predicted molar refractivity (Wildman–Crippen MR) is 133 cm³/mol. The lowest BCUT2D eigenvalue weighted by Crippen LogP contribution is -2.42. The van der Waals surface area contributed by atoms with E-state index in [1.54, 1.807) is 39.0 Å². The summed E-state index contributed by atoms with van der Waals surface area (Å²) in [7, 11) is 3.41. The Kier molecular flexibility index (Phi) is 6.70. The van der Waals surface area contributed by atoms with Crippen molar-refractivity contribution < 1.29 is 18.7 Å². The number of fused-ring (bicyclic) bond motifs is 1. The minimum absolute atomic E-state index is 0.167. The zero-order valence-electron chi connectivity index (χ0n) is 20.7. The van der Waals surface area contributed by atoms with E-state index in [9.17, 15) is 4.79 Å². The van der Waals surface area contributed by atoms with Gasteiger partial charge in [-0.25, -0.2) is 18.7 Å². The molecule has 1 saturated heterocycles. The number of nitrogen functional groups attached to an aromatic ring is 1. The van der Waals surface area contributed by atoms with Gasteiger partial charge in [0.05, 0.1) is 18.4 Å². The molecule has 1 amide bonds. The highest BCUT2D eigenvalue weighted by Gasteiger charge is 2.29. The molecule has 4 N–H and O–H groups in total. The second-order valence-electron chi connectivity index (χ2n) is 9.51. The predicted octanol–water partition coefficient (Wildman–Crippen LogP) is 3.66. The summed E-state index contributed by atoms with van der Waals surface area (Å²) in [5.74, 6) is 0.433. The molecule has 10 nitrogen and oxygen atoms in total. The summed E-state index contributed by atoms with van der Waals surface area (Å²) in [6, 6.07) is 5.37. The van der Waals surface area contributed by atoms with Gasteiger partial charge in [0.15, 0.2) is 17.5 Å². The standard InChI is InChI=1S/C24H32FN7O3/c1-24(2,3)35-23(33)30-16-7-6-14(12-17(16)34-5)18-19(25)22(31-10-8-15(27-4)9-11-31)32-20(18)21(26)28-13-29-32/h6-7,12-13,15,27H,8-11H2,1-5H3,(H,30,33)(H2,26,28,29). The van der Waals surface area contributed by atoms with Crippen molar-refractivity contribution in [2.45, 2.75) is 45.3 Å². The number of hydrogen-bond donors (Lipinski definition) is 3. The Hall–Kier alpha value is -3.60. The van der Waals surface area contributed by atoms with Crippen LogP contribution in [0.5, 0.6) is 5.75 Å². The fourth-order valence-corrected chi connectivity index (χ4v) is 4.35. The minimum Gasteiger partial charge on any atom is -0.495 e. The Morgan fingerprint density at radius 1 is 1.26 bits per heavy atom. The minimum atomic E-state index is -0.651. The molecule has 0 spiro atoms. The van der Waals surface area contributed by atoms with Crippen molar-refractivity contribution in [2.24, 2.45) is 0 Å². The van der Waals surface area contributed by atoms with Gasteiger partial charge in [-0.15, -0.1) is 0 Å². The number of hydrogen-bond acceptors (Lipinski definition) is 8. The number of nitrogens with two attached hydrogens (primary N) is 1. The van der Waals surface area contributed by atoms with E-state index < -0.39 is 17.5 Å². The Morgan fingerprint density at radius 3 is 2.60 bits per heavy atom. The molecule has 188 valence electrons. The summed E-state index contributed by atoms with van der Waals surface area (Å²) in [6.45, 7) is 6.69. The van der Waals surface area contributed by atoms with Gasteiger partial charge in [-0.05, 0) is 58.4 Å². The molecule has 11 heteroatoms. The molecular formula is C24H32FN7O3. The molecule has 35 heavy (non-hydrogen) atoms. The third kappa shape index (κ3) is 4.95. The molecule has 0 aliphatic carbocycles. The van der Waals surface area contributed by atoms with Crippen molar-refractivity contribution in [1.29, 1.82) is 0 Å². The highest BCUT2D eigenvalue weighted by molar-refractivity contribution is 5.94. The van der Waals surface area contributed by atoms with Gasteiger partial charge < -0.3 is 25.4 Å². The van der Waals surface area contributed by atoms with Crippen LogP contribution in [0.1, 0.15) is 33.6 Å². The van der Waals surface area contributed by atoms with E-state index in [4.69, 9.17) is 15.2 Å². The summed E-state index contributed by atoms with van der Waals surface area (Å²) < 4.78 is 28.4. The van der Waals surface area contributed by atoms with Crippen molar-refractivity contribution in [3.63, 3.8) is 0 Å². The highest BCUT2D eigenvalue weighted by atomic mass is 19.1. The molecule has 1 aliphatic rings. The van der Waals surface area contributed by atoms with E-state index in [-0.39, 0.29) is 11.4 Å².